The van der Waals surface area contributed by atoms with Gasteiger partial charge in [0, 0.05) is 12.1 Å². The van der Waals surface area contributed by atoms with E-state index in [9.17, 15) is 9.59 Å². The summed E-state index contributed by atoms with van der Waals surface area (Å²) in [4.78, 5) is 23.4. The molecule has 5 heteroatoms. The third-order valence-electron chi connectivity index (χ3n) is 3.74. The lowest BCUT2D eigenvalue weighted by atomic mass is 9.86. The molecule has 2 N–H and O–H groups in total. The first-order valence-corrected chi connectivity index (χ1v) is 7.75. The zero-order valence-corrected chi connectivity index (χ0v) is 12.3. The van der Waals surface area contributed by atoms with Crippen LogP contribution in [0.15, 0.2) is 17.5 Å². The number of aliphatic carboxylic acids is 1. The van der Waals surface area contributed by atoms with Crippen LogP contribution in [0.1, 0.15) is 47.8 Å². The van der Waals surface area contributed by atoms with Gasteiger partial charge in [0.25, 0.3) is 5.91 Å². The van der Waals surface area contributed by atoms with Crippen LogP contribution in [-0.2, 0) is 4.79 Å². The quantitative estimate of drug-likeness (QED) is 0.838. The van der Waals surface area contributed by atoms with Crippen LogP contribution in [0.4, 0.5) is 0 Å². The van der Waals surface area contributed by atoms with Crippen molar-refractivity contribution in [1.29, 1.82) is 0 Å². The molecule has 0 aromatic carbocycles. The van der Waals surface area contributed by atoms with Gasteiger partial charge in [-0.25, -0.2) is 4.79 Å². The van der Waals surface area contributed by atoms with E-state index in [0.717, 1.165) is 25.3 Å². The molecule has 0 saturated heterocycles. The normalized spacial score (nSPS) is 22.9. The maximum absolute atomic E-state index is 12.3. The molecule has 1 aliphatic rings. The Morgan fingerprint density at radius 2 is 2.15 bits per heavy atom. The van der Waals surface area contributed by atoms with Crippen molar-refractivity contribution >= 4 is 29.3 Å². The molecule has 2 unspecified atom stereocenters. The van der Waals surface area contributed by atoms with Crippen molar-refractivity contribution < 1.29 is 14.7 Å². The van der Waals surface area contributed by atoms with Gasteiger partial charge in [-0.15, -0.1) is 11.3 Å². The van der Waals surface area contributed by atoms with Crippen molar-refractivity contribution in [1.82, 2.24) is 5.32 Å². The third kappa shape index (κ3) is 3.70. The molecule has 0 aliphatic heterocycles. The molecule has 0 bridgehead atoms. The minimum Gasteiger partial charge on any atom is -0.478 e. The monoisotopic (exact) mass is 293 g/mol. The number of rotatable bonds is 4. The lowest BCUT2D eigenvalue weighted by molar-refractivity contribution is -0.131. The van der Waals surface area contributed by atoms with Gasteiger partial charge in [0.05, 0.1) is 4.88 Å². The lowest BCUT2D eigenvalue weighted by Crippen LogP contribution is -2.40. The summed E-state index contributed by atoms with van der Waals surface area (Å²) < 4.78 is 0. The van der Waals surface area contributed by atoms with Gasteiger partial charge in [-0.2, -0.15) is 0 Å². The number of amides is 1. The highest BCUT2D eigenvalue weighted by molar-refractivity contribution is 7.12. The Kier molecular flexibility index (Phi) is 4.95. The predicted molar refractivity (Wildman–Crippen MR) is 79.9 cm³/mol. The largest absolute Gasteiger partial charge is 0.478 e. The molecule has 108 valence electrons. The maximum Gasteiger partial charge on any atom is 0.328 e. The zero-order chi connectivity index (χ0) is 14.5. The van der Waals surface area contributed by atoms with E-state index >= 15 is 0 Å². The predicted octanol–water partition coefficient (Wildman–Crippen LogP) is 3.15. The van der Waals surface area contributed by atoms with E-state index in [2.05, 4.69) is 12.2 Å². The second-order valence-corrected chi connectivity index (χ2v) is 6.13. The summed E-state index contributed by atoms with van der Waals surface area (Å²) in [6.07, 6.45) is 7.10. The summed E-state index contributed by atoms with van der Waals surface area (Å²) in [5, 5.41) is 13.5. The fourth-order valence-corrected chi connectivity index (χ4v) is 3.35. The fraction of sp³-hybridized carbons (Fsp3) is 0.467. The third-order valence-corrected chi connectivity index (χ3v) is 4.66. The number of nitrogens with one attached hydrogen (secondary N) is 1. The van der Waals surface area contributed by atoms with Crippen LogP contribution in [0.3, 0.4) is 0 Å². The van der Waals surface area contributed by atoms with Crippen molar-refractivity contribution in [3.05, 3.63) is 28.0 Å². The first-order valence-electron chi connectivity index (χ1n) is 6.87. The molecule has 4 nitrogen and oxygen atoms in total. The van der Waals surface area contributed by atoms with E-state index in [1.54, 1.807) is 11.4 Å². The maximum atomic E-state index is 12.3. The van der Waals surface area contributed by atoms with Crippen LogP contribution in [0.2, 0.25) is 0 Å². The highest BCUT2D eigenvalue weighted by Gasteiger charge is 2.24. The first-order chi connectivity index (χ1) is 9.58. The van der Waals surface area contributed by atoms with E-state index in [4.69, 9.17) is 5.11 Å². The van der Waals surface area contributed by atoms with Crippen molar-refractivity contribution in [2.75, 3.05) is 0 Å². The van der Waals surface area contributed by atoms with Gasteiger partial charge in [0.15, 0.2) is 0 Å². The standard InChI is InChI=1S/C15H19NO3S/c1-10-4-2-3-5-12(10)16-15(19)14-11(8-9-20-14)6-7-13(17)18/h6-10,12H,2-5H2,1H3,(H,16,19)(H,17,18). The van der Waals surface area contributed by atoms with Crippen LogP contribution in [0.25, 0.3) is 6.08 Å². The van der Waals surface area contributed by atoms with Gasteiger partial charge in [-0.05, 0) is 41.8 Å². The molecule has 0 spiro atoms. The highest BCUT2D eigenvalue weighted by Crippen LogP contribution is 2.25. The van der Waals surface area contributed by atoms with E-state index in [0.29, 0.717) is 16.4 Å². The van der Waals surface area contributed by atoms with Gasteiger partial charge < -0.3 is 10.4 Å². The average molecular weight is 293 g/mol. The van der Waals surface area contributed by atoms with Crippen LogP contribution in [0.5, 0.6) is 0 Å². The molecule has 1 heterocycles. The van der Waals surface area contributed by atoms with Crippen LogP contribution in [-0.4, -0.2) is 23.0 Å². The van der Waals surface area contributed by atoms with Gasteiger partial charge in [-0.3, -0.25) is 4.79 Å². The fourth-order valence-electron chi connectivity index (χ4n) is 2.56. The SMILES string of the molecule is CC1CCCCC1NC(=O)c1sccc1C=CC(=O)O. The second kappa shape index (κ2) is 6.70. The van der Waals surface area contributed by atoms with Crippen LogP contribution < -0.4 is 5.32 Å². The lowest BCUT2D eigenvalue weighted by Gasteiger charge is -2.29. The van der Waals surface area contributed by atoms with E-state index in [1.807, 2.05) is 0 Å². The summed E-state index contributed by atoms with van der Waals surface area (Å²) in [5.74, 6) is -0.599. The molecule has 1 aromatic rings. The van der Waals surface area contributed by atoms with Crippen molar-refractivity contribution in [2.24, 2.45) is 5.92 Å². The molecule has 2 atom stereocenters. The average Bonchev–Trinajstić information content (AvgIpc) is 2.87. The molecule has 1 fully saturated rings. The van der Waals surface area contributed by atoms with Gasteiger partial charge >= 0.3 is 5.97 Å². The second-order valence-electron chi connectivity index (χ2n) is 5.22. The molecule has 0 radical (unpaired) electrons. The molecular weight excluding hydrogens is 274 g/mol. The number of carbonyl (C=O) groups excluding carboxylic acids is 1. The molecule has 20 heavy (non-hydrogen) atoms. The number of hydrogen-bond donors (Lipinski definition) is 2. The van der Waals surface area contributed by atoms with Crippen LogP contribution in [0, 0.1) is 5.92 Å². The summed E-state index contributed by atoms with van der Waals surface area (Å²) in [6.45, 7) is 2.17. The van der Waals surface area contributed by atoms with Gasteiger partial charge in [0.1, 0.15) is 0 Å². The number of carboxylic acid groups (broad SMARTS) is 1. The Bertz CT molecular complexity index is 521. The number of hydrogen-bond acceptors (Lipinski definition) is 3. The highest BCUT2D eigenvalue weighted by atomic mass is 32.1. The number of thiophene rings is 1. The summed E-state index contributed by atoms with van der Waals surface area (Å²) >= 11 is 1.34. The molecular formula is C15H19NO3S. The minimum absolute atomic E-state index is 0.0937. The topological polar surface area (TPSA) is 66.4 Å². The minimum atomic E-state index is -1.01. The van der Waals surface area contributed by atoms with E-state index < -0.39 is 5.97 Å². The summed E-state index contributed by atoms with van der Waals surface area (Å²) in [5.41, 5.74) is 0.665. The smallest absolute Gasteiger partial charge is 0.328 e. The van der Waals surface area contributed by atoms with Gasteiger partial charge in [0.2, 0.25) is 0 Å². The molecule has 1 saturated carbocycles. The van der Waals surface area contributed by atoms with Crippen molar-refractivity contribution in [2.45, 2.75) is 38.6 Å². The Morgan fingerprint density at radius 1 is 1.40 bits per heavy atom. The Balaban J connectivity index is 2.05. The van der Waals surface area contributed by atoms with E-state index in [1.165, 1.54) is 23.8 Å². The molecule has 1 aliphatic carbocycles. The van der Waals surface area contributed by atoms with Crippen molar-refractivity contribution in [3.63, 3.8) is 0 Å². The Labute approximate surface area is 122 Å². The zero-order valence-electron chi connectivity index (χ0n) is 11.5. The number of carboxylic acids is 1. The first kappa shape index (κ1) is 14.8. The summed E-state index contributed by atoms with van der Waals surface area (Å²) in [7, 11) is 0. The molecule has 1 amide bonds. The Hall–Kier alpha value is -1.62. The summed E-state index contributed by atoms with van der Waals surface area (Å²) in [6, 6.07) is 2.00. The molecule has 2 rings (SSSR count). The molecule has 1 aromatic heterocycles. The van der Waals surface area contributed by atoms with Gasteiger partial charge in [-0.1, -0.05) is 19.8 Å². The number of carbonyl (C=O) groups is 2. The van der Waals surface area contributed by atoms with Crippen LogP contribution >= 0.6 is 11.3 Å². The van der Waals surface area contributed by atoms with Crippen molar-refractivity contribution in [3.8, 4) is 0 Å². The van der Waals surface area contributed by atoms with E-state index in [-0.39, 0.29) is 11.9 Å². The Morgan fingerprint density at radius 3 is 2.85 bits per heavy atom.